The third-order valence-electron chi connectivity index (χ3n) is 2.59. The van der Waals surface area contributed by atoms with E-state index in [-0.39, 0.29) is 0 Å². The van der Waals surface area contributed by atoms with Crippen LogP contribution in [-0.4, -0.2) is 13.1 Å². The first-order valence-electron chi connectivity index (χ1n) is 6.44. The average Bonchev–Trinajstić information content (AvgIpc) is 2.32. The summed E-state index contributed by atoms with van der Waals surface area (Å²) in [5.74, 6) is 0.624. The quantitative estimate of drug-likeness (QED) is 0.758. The summed E-state index contributed by atoms with van der Waals surface area (Å²) < 4.78 is 37.0. The van der Waals surface area contributed by atoms with Gasteiger partial charge in [0, 0.05) is 0 Å². The Kier molecular flexibility index (Phi) is 6.09. The van der Waals surface area contributed by atoms with Crippen molar-refractivity contribution in [3.05, 3.63) is 41.5 Å². The minimum Gasteiger partial charge on any atom is -0.316 e. The van der Waals surface area contributed by atoms with Gasteiger partial charge in [0.2, 0.25) is 0 Å². The summed E-state index contributed by atoms with van der Waals surface area (Å²) in [6.45, 7) is 6.15. The standard InChI is InChI=1S/C15H20F3N/c1-12(2)11-19-10-4-3-5-13-6-8-14(9-7-13)15(16,17)18/h3,5-9,12,19H,4,10-11H2,1-2H3. The van der Waals surface area contributed by atoms with Crippen LogP contribution >= 0.6 is 0 Å². The van der Waals surface area contributed by atoms with Gasteiger partial charge in [-0.05, 0) is 43.1 Å². The zero-order valence-corrected chi connectivity index (χ0v) is 11.3. The third kappa shape index (κ3) is 6.43. The van der Waals surface area contributed by atoms with Crippen LogP contribution in [0.2, 0.25) is 0 Å². The van der Waals surface area contributed by atoms with Crippen LogP contribution in [0.4, 0.5) is 13.2 Å². The summed E-state index contributed by atoms with van der Waals surface area (Å²) >= 11 is 0. The zero-order valence-electron chi connectivity index (χ0n) is 11.3. The molecule has 0 saturated heterocycles. The second-order valence-electron chi connectivity index (χ2n) is 4.91. The molecule has 0 aromatic heterocycles. The maximum absolute atomic E-state index is 12.3. The van der Waals surface area contributed by atoms with Crippen molar-refractivity contribution >= 4 is 6.08 Å². The van der Waals surface area contributed by atoms with Crippen LogP contribution in [0.15, 0.2) is 30.3 Å². The van der Waals surface area contributed by atoms with E-state index in [0.29, 0.717) is 5.92 Å². The number of alkyl halides is 3. The Morgan fingerprint density at radius 2 is 1.79 bits per heavy atom. The largest absolute Gasteiger partial charge is 0.416 e. The summed E-state index contributed by atoms with van der Waals surface area (Å²) in [6, 6.07) is 5.19. The normalized spacial score (nSPS) is 12.5. The first kappa shape index (κ1) is 15.8. The van der Waals surface area contributed by atoms with Gasteiger partial charge < -0.3 is 5.32 Å². The van der Waals surface area contributed by atoms with Crippen molar-refractivity contribution in [2.24, 2.45) is 5.92 Å². The molecule has 0 heterocycles. The molecule has 0 fully saturated rings. The van der Waals surface area contributed by atoms with Gasteiger partial charge in [-0.15, -0.1) is 0 Å². The molecule has 0 aliphatic heterocycles. The lowest BCUT2D eigenvalue weighted by molar-refractivity contribution is -0.137. The number of benzene rings is 1. The van der Waals surface area contributed by atoms with Gasteiger partial charge in [-0.3, -0.25) is 0 Å². The van der Waals surface area contributed by atoms with Crippen LogP contribution in [-0.2, 0) is 6.18 Å². The van der Waals surface area contributed by atoms with Gasteiger partial charge in [-0.1, -0.05) is 38.1 Å². The molecule has 1 aromatic carbocycles. The van der Waals surface area contributed by atoms with E-state index < -0.39 is 11.7 Å². The first-order valence-corrected chi connectivity index (χ1v) is 6.44. The predicted molar refractivity (Wildman–Crippen MR) is 72.8 cm³/mol. The van der Waals surface area contributed by atoms with Crippen LogP contribution < -0.4 is 5.32 Å². The maximum Gasteiger partial charge on any atom is 0.416 e. The number of rotatable bonds is 6. The fraction of sp³-hybridized carbons (Fsp3) is 0.467. The second kappa shape index (κ2) is 7.34. The minimum absolute atomic E-state index is 0.608. The fourth-order valence-electron chi connectivity index (χ4n) is 1.58. The molecule has 0 radical (unpaired) electrons. The van der Waals surface area contributed by atoms with E-state index in [0.717, 1.165) is 37.2 Å². The molecule has 0 unspecified atom stereocenters. The lowest BCUT2D eigenvalue weighted by Crippen LogP contribution is -2.20. The van der Waals surface area contributed by atoms with Gasteiger partial charge >= 0.3 is 6.18 Å². The Balaban J connectivity index is 2.37. The number of halogens is 3. The molecule has 106 valence electrons. The van der Waals surface area contributed by atoms with Gasteiger partial charge in [0.05, 0.1) is 5.56 Å². The Morgan fingerprint density at radius 3 is 2.32 bits per heavy atom. The van der Waals surface area contributed by atoms with Gasteiger partial charge in [-0.2, -0.15) is 13.2 Å². The van der Waals surface area contributed by atoms with Crippen LogP contribution in [0.3, 0.4) is 0 Å². The molecule has 1 nitrogen and oxygen atoms in total. The average molecular weight is 271 g/mol. The van der Waals surface area contributed by atoms with Crippen molar-refractivity contribution in [2.45, 2.75) is 26.4 Å². The van der Waals surface area contributed by atoms with Gasteiger partial charge in [0.25, 0.3) is 0 Å². The molecule has 0 aliphatic carbocycles. The van der Waals surface area contributed by atoms with Crippen LogP contribution in [0.25, 0.3) is 6.08 Å². The van der Waals surface area contributed by atoms with E-state index in [9.17, 15) is 13.2 Å². The van der Waals surface area contributed by atoms with E-state index in [2.05, 4.69) is 19.2 Å². The van der Waals surface area contributed by atoms with Crippen molar-refractivity contribution in [1.29, 1.82) is 0 Å². The predicted octanol–water partition coefficient (Wildman–Crippen LogP) is 4.35. The molecular formula is C15H20F3N. The Labute approximate surface area is 112 Å². The molecule has 0 amide bonds. The Morgan fingerprint density at radius 1 is 1.16 bits per heavy atom. The topological polar surface area (TPSA) is 12.0 Å². The number of hydrogen-bond donors (Lipinski definition) is 1. The Hall–Kier alpha value is -1.29. The van der Waals surface area contributed by atoms with E-state index >= 15 is 0 Å². The van der Waals surface area contributed by atoms with Crippen LogP contribution in [0, 0.1) is 5.92 Å². The molecule has 0 atom stereocenters. The molecule has 0 bridgehead atoms. The molecule has 0 aliphatic rings. The second-order valence-corrected chi connectivity index (χ2v) is 4.91. The lowest BCUT2D eigenvalue weighted by atomic mass is 10.1. The summed E-state index contributed by atoms with van der Waals surface area (Å²) in [5, 5.41) is 3.30. The fourth-order valence-corrected chi connectivity index (χ4v) is 1.58. The summed E-state index contributed by atoms with van der Waals surface area (Å²) in [6.07, 6.45) is 0.421. The van der Waals surface area contributed by atoms with E-state index in [1.165, 1.54) is 12.1 Å². The summed E-state index contributed by atoms with van der Waals surface area (Å²) in [4.78, 5) is 0. The molecule has 4 heteroatoms. The van der Waals surface area contributed by atoms with Crippen molar-refractivity contribution in [3.8, 4) is 0 Å². The maximum atomic E-state index is 12.3. The van der Waals surface area contributed by atoms with Crippen molar-refractivity contribution in [1.82, 2.24) is 5.32 Å². The highest BCUT2D eigenvalue weighted by molar-refractivity contribution is 5.49. The van der Waals surface area contributed by atoms with Crippen LogP contribution in [0.5, 0.6) is 0 Å². The first-order chi connectivity index (χ1) is 8.89. The highest BCUT2D eigenvalue weighted by Gasteiger charge is 2.29. The van der Waals surface area contributed by atoms with E-state index in [1.54, 1.807) is 0 Å². The summed E-state index contributed by atoms with van der Waals surface area (Å²) in [5.41, 5.74) is 0.181. The van der Waals surface area contributed by atoms with Gasteiger partial charge in [0.1, 0.15) is 0 Å². The van der Waals surface area contributed by atoms with E-state index in [1.807, 2.05) is 12.2 Å². The molecular weight excluding hydrogens is 251 g/mol. The van der Waals surface area contributed by atoms with Crippen molar-refractivity contribution in [3.63, 3.8) is 0 Å². The number of nitrogens with one attached hydrogen (secondary N) is 1. The highest BCUT2D eigenvalue weighted by Crippen LogP contribution is 2.29. The minimum atomic E-state index is -4.26. The molecule has 0 saturated carbocycles. The van der Waals surface area contributed by atoms with Gasteiger partial charge in [0.15, 0.2) is 0 Å². The van der Waals surface area contributed by atoms with Crippen molar-refractivity contribution in [2.75, 3.05) is 13.1 Å². The molecule has 1 aromatic rings. The number of hydrogen-bond acceptors (Lipinski definition) is 1. The molecule has 19 heavy (non-hydrogen) atoms. The van der Waals surface area contributed by atoms with Crippen molar-refractivity contribution < 1.29 is 13.2 Å². The molecule has 1 N–H and O–H groups in total. The molecule has 0 spiro atoms. The van der Waals surface area contributed by atoms with Gasteiger partial charge in [-0.25, -0.2) is 0 Å². The Bertz CT molecular complexity index is 391. The smallest absolute Gasteiger partial charge is 0.316 e. The van der Waals surface area contributed by atoms with E-state index in [4.69, 9.17) is 0 Å². The van der Waals surface area contributed by atoms with Crippen LogP contribution in [0.1, 0.15) is 31.4 Å². The lowest BCUT2D eigenvalue weighted by Gasteiger charge is -2.06. The summed E-state index contributed by atoms with van der Waals surface area (Å²) in [7, 11) is 0. The third-order valence-corrected chi connectivity index (χ3v) is 2.59. The SMILES string of the molecule is CC(C)CNCCC=Cc1ccc(C(F)(F)F)cc1. The molecule has 1 rings (SSSR count). The zero-order chi connectivity index (χ0) is 14.3. The highest BCUT2D eigenvalue weighted by atomic mass is 19.4. The monoisotopic (exact) mass is 271 g/mol.